The third-order valence-corrected chi connectivity index (χ3v) is 3.94. The van der Waals surface area contributed by atoms with E-state index in [1.807, 2.05) is 24.3 Å². The standard InChI is InChI=1S/C15H13BrFNOS/c1-18(9-10-4-2-3-5-13(10)16)15(19)12-8-11(20)6-7-14(12)17/h2-8,20H,9H2,1H3. The minimum atomic E-state index is -0.535. The highest BCUT2D eigenvalue weighted by molar-refractivity contribution is 9.10. The molecule has 0 N–H and O–H groups in total. The molecule has 0 spiro atoms. The van der Waals surface area contributed by atoms with Crippen LogP contribution in [0.2, 0.25) is 0 Å². The van der Waals surface area contributed by atoms with Crippen molar-refractivity contribution >= 4 is 34.5 Å². The second kappa shape index (κ2) is 6.41. The fourth-order valence-corrected chi connectivity index (χ4v) is 2.45. The number of rotatable bonds is 3. The number of carbonyl (C=O) groups is 1. The van der Waals surface area contributed by atoms with Gasteiger partial charge < -0.3 is 4.90 Å². The van der Waals surface area contributed by atoms with Crippen molar-refractivity contribution in [1.29, 1.82) is 0 Å². The molecule has 104 valence electrons. The molecule has 0 aromatic heterocycles. The maximum absolute atomic E-state index is 13.7. The zero-order valence-corrected chi connectivity index (χ0v) is 13.3. The van der Waals surface area contributed by atoms with Crippen LogP contribution in [-0.2, 0) is 6.54 Å². The largest absolute Gasteiger partial charge is 0.337 e. The summed E-state index contributed by atoms with van der Waals surface area (Å²) < 4.78 is 14.6. The maximum atomic E-state index is 13.7. The highest BCUT2D eigenvalue weighted by atomic mass is 79.9. The first-order valence-electron chi connectivity index (χ1n) is 5.96. The monoisotopic (exact) mass is 353 g/mol. The van der Waals surface area contributed by atoms with Crippen LogP contribution in [0, 0.1) is 5.82 Å². The lowest BCUT2D eigenvalue weighted by Gasteiger charge is -2.18. The molecule has 0 aliphatic rings. The Balaban J connectivity index is 2.21. The second-order valence-corrected chi connectivity index (χ2v) is 5.79. The van der Waals surface area contributed by atoms with E-state index in [1.54, 1.807) is 7.05 Å². The Morgan fingerprint density at radius 2 is 2.00 bits per heavy atom. The Kier molecular flexibility index (Phi) is 4.83. The summed E-state index contributed by atoms with van der Waals surface area (Å²) in [5.41, 5.74) is 0.998. The van der Waals surface area contributed by atoms with Crippen molar-refractivity contribution in [3.05, 3.63) is 63.9 Å². The molecule has 0 radical (unpaired) electrons. The van der Waals surface area contributed by atoms with Gasteiger partial charge in [0.1, 0.15) is 5.82 Å². The fourth-order valence-electron chi connectivity index (χ4n) is 1.84. The van der Waals surface area contributed by atoms with Gasteiger partial charge in [0.15, 0.2) is 0 Å². The van der Waals surface area contributed by atoms with Gasteiger partial charge in [-0.2, -0.15) is 0 Å². The highest BCUT2D eigenvalue weighted by Gasteiger charge is 2.17. The summed E-state index contributed by atoms with van der Waals surface area (Å²) >= 11 is 7.57. The summed E-state index contributed by atoms with van der Waals surface area (Å²) in [4.78, 5) is 14.3. The van der Waals surface area contributed by atoms with Crippen molar-refractivity contribution in [2.45, 2.75) is 11.4 Å². The van der Waals surface area contributed by atoms with Crippen molar-refractivity contribution in [1.82, 2.24) is 4.90 Å². The van der Waals surface area contributed by atoms with Crippen LogP contribution in [0.3, 0.4) is 0 Å². The van der Waals surface area contributed by atoms with E-state index < -0.39 is 5.82 Å². The number of hydrogen-bond acceptors (Lipinski definition) is 2. The molecule has 20 heavy (non-hydrogen) atoms. The lowest BCUT2D eigenvalue weighted by Crippen LogP contribution is -2.27. The van der Waals surface area contributed by atoms with Gasteiger partial charge in [0.25, 0.3) is 5.91 Å². The highest BCUT2D eigenvalue weighted by Crippen LogP contribution is 2.20. The van der Waals surface area contributed by atoms with Gasteiger partial charge in [-0.15, -0.1) is 12.6 Å². The number of halogens is 2. The van der Waals surface area contributed by atoms with Gasteiger partial charge in [0.05, 0.1) is 5.56 Å². The summed E-state index contributed by atoms with van der Waals surface area (Å²) in [6.45, 7) is 0.399. The van der Waals surface area contributed by atoms with Crippen LogP contribution >= 0.6 is 28.6 Å². The molecule has 5 heteroatoms. The SMILES string of the molecule is CN(Cc1ccccc1Br)C(=O)c1cc(S)ccc1F. The average Bonchev–Trinajstić information content (AvgIpc) is 2.43. The Morgan fingerprint density at radius 1 is 1.30 bits per heavy atom. The van der Waals surface area contributed by atoms with E-state index in [0.717, 1.165) is 10.0 Å². The number of hydrogen-bond donors (Lipinski definition) is 1. The lowest BCUT2D eigenvalue weighted by molar-refractivity contribution is 0.0780. The van der Waals surface area contributed by atoms with Gasteiger partial charge in [-0.1, -0.05) is 34.1 Å². The molecule has 0 aliphatic heterocycles. The maximum Gasteiger partial charge on any atom is 0.256 e. The molecule has 0 atom stereocenters. The second-order valence-electron chi connectivity index (χ2n) is 4.42. The van der Waals surface area contributed by atoms with Crippen LogP contribution in [0.25, 0.3) is 0 Å². The molecular weight excluding hydrogens is 341 g/mol. The van der Waals surface area contributed by atoms with Gasteiger partial charge >= 0.3 is 0 Å². The van der Waals surface area contributed by atoms with Crippen LogP contribution in [0.5, 0.6) is 0 Å². The van der Waals surface area contributed by atoms with Crippen LogP contribution in [-0.4, -0.2) is 17.9 Å². The Morgan fingerprint density at radius 3 is 2.70 bits per heavy atom. The van der Waals surface area contributed by atoms with E-state index in [2.05, 4.69) is 28.6 Å². The van der Waals surface area contributed by atoms with E-state index in [9.17, 15) is 9.18 Å². The molecule has 0 bridgehead atoms. The quantitative estimate of drug-likeness (QED) is 0.821. The summed E-state index contributed by atoms with van der Waals surface area (Å²) in [5.74, 6) is -0.902. The molecule has 0 unspecified atom stereocenters. The summed E-state index contributed by atoms with van der Waals surface area (Å²) in [5, 5.41) is 0. The number of carbonyl (C=O) groups excluding carboxylic acids is 1. The van der Waals surface area contributed by atoms with Crippen LogP contribution < -0.4 is 0 Å². The van der Waals surface area contributed by atoms with Crippen molar-refractivity contribution in [2.24, 2.45) is 0 Å². The number of thiol groups is 1. The van der Waals surface area contributed by atoms with E-state index in [1.165, 1.54) is 23.1 Å². The van der Waals surface area contributed by atoms with Crippen molar-refractivity contribution in [3.63, 3.8) is 0 Å². The topological polar surface area (TPSA) is 20.3 Å². The van der Waals surface area contributed by atoms with Crippen molar-refractivity contribution in [2.75, 3.05) is 7.05 Å². The van der Waals surface area contributed by atoms with E-state index in [0.29, 0.717) is 11.4 Å². The molecule has 2 aromatic rings. The average molecular weight is 354 g/mol. The van der Waals surface area contributed by atoms with Gasteiger partial charge in [-0.3, -0.25) is 4.79 Å². The Bertz CT molecular complexity index is 648. The number of nitrogens with zero attached hydrogens (tertiary/aromatic N) is 1. The molecule has 0 saturated heterocycles. The third-order valence-electron chi connectivity index (χ3n) is 2.89. The number of benzene rings is 2. The van der Waals surface area contributed by atoms with Crippen molar-refractivity contribution in [3.8, 4) is 0 Å². The first-order valence-corrected chi connectivity index (χ1v) is 7.20. The molecule has 2 nitrogen and oxygen atoms in total. The zero-order chi connectivity index (χ0) is 14.7. The normalized spacial score (nSPS) is 10.4. The van der Waals surface area contributed by atoms with Crippen molar-refractivity contribution < 1.29 is 9.18 Å². The molecular formula is C15H13BrFNOS. The lowest BCUT2D eigenvalue weighted by atomic mass is 10.1. The molecule has 1 amide bonds. The summed E-state index contributed by atoms with van der Waals surface area (Å²) in [7, 11) is 1.65. The smallest absolute Gasteiger partial charge is 0.256 e. The molecule has 2 aromatic carbocycles. The Labute approximate surface area is 131 Å². The predicted molar refractivity (Wildman–Crippen MR) is 83.6 cm³/mol. The molecule has 0 heterocycles. The summed E-state index contributed by atoms with van der Waals surface area (Å²) in [6, 6.07) is 11.8. The first kappa shape index (κ1) is 15.1. The zero-order valence-electron chi connectivity index (χ0n) is 10.8. The minimum absolute atomic E-state index is 0.0343. The minimum Gasteiger partial charge on any atom is -0.337 e. The third kappa shape index (κ3) is 3.41. The van der Waals surface area contributed by atoms with Gasteiger partial charge in [0.2, 0.25) is 0 Å². The molecule has 0 fully saturated rings. The number of amides is 1. The first-order chi connectivity index (χ1) is 9.49. The van der Waals surface area contributed by atoms with E-state index >= 15 is 0 Å². The van der Waals surface area contributed by atoms with Crippen LogP contribution in [0.4, 0.5) is 4.39 Å². The fraction of sp³-hybridized carbons (Fsp3) is 0.133. The van der Waals surface area contributed by atoms with Gasteiger partial charge in [-0.25, -0.2) is 4.39 Å². The van der Waals surface area contributed by atoms with Gasteiger partial charge in [0, 0.05) is 23.0 Å². The molecule has 0 aliphatic carbocycles. The van der Waals surface area contributed by atoms with E-state index in [4.69, 9.17) is 0 Å². The van der Waals surface area contributed by atoms with Crippen LogP contribution in [0.15, 0.2) is 51.8 Å². The summed E-state index contributed by atoms with van der Waals surface area (Å²) in [6.07, 6.45) is 0. The predicted octanol–water partition coefficient (Wildman–Crippen LogP) is 4.15. The molecule has 2 rings (SSSR count). The van der Waals surface area contributed by atoms with Gasteiger partial charge in [-0.05, 0) is 29.8 Å². The molecule has 0 saturated carbocycles. The van der Waals surface area contributed by atoms with E-state index in [-0.39, 0.29) is 11.5 Å². The Hall–Kier alpha value is -1.33. The van der Waals surface area contributed by atoms with Crippen LogP contribution in [0.1, 0.15) is 15.9 Å².